The maximum absolute atomic E-state index is 13.7. The molecule has 1 N–H and O–H groups in total. The number of hydrogen-bond donors (Lipinski definition) is 1. The highest BCUT2D eigenvalue weighted by molar-refractivity contribution is 6.31. The number of ether oxygens (including phenoxy) is 2. The predicted molar refractivity (Wildman–Crippen MR) is 134 cm³/mol. The summed E-state index contributed by atoms with van der Waals surface area (Å²) in [7, 11) is 1.48. The van der Waals surface area contributed by atoms with Crippen LogP contribution in [-0.4, -0.2) is 35.7 Å². The fourth-order valence-electron chi connectivity index (χ4n) is 4.74. The van der Waals surface area contributed by atoms with Gasteiger partial charge in [0.25, 0.3) is 0 Å². The third kappa shape index (κ3) is 6.19. The van der Waals surface area contributed by atoms with Crippen LogP contribution in [0.3, 0.4) is 0 Å². The summed E-state index contributed by atoms with van der Waals surface area (Å²) in [5.41, 5.74) is 0.887. The smallest absolute Gasteiger partial charge is 0.417 e. The second-order valence-corrected chi connectivity index (χ2v) is 9.32. The molecular formula is C28H27ClF3NO4. The van der Waals surface area contributed by atoms with E-state index in [9.17, 15) is 23.1 Å². The fraction of sp³-hybridized carbons (Fsp3) is 0.321. The summed E-state index contributed by atoms with van der Waals surface area (Å²) in [4.78, 5) is 13.9. The van der Waals surface area contributed by atoms with Crippen LogP contribution < -0.4 is 9.47 Å². The molecule has 5 nitrogen and oxygen atoms in total. The molecule has 0 spiro atoms. The maximum atomic E-state index is 13.7. The lowest BCUT2D eigenvalue weighted by molar-refractivity contribution is -0.145. The first-order valence-electron chi connectivity index (χ1n) is 11.9. The third-order valence-electron chi connectivity index (χ3n) is 6.51. The Morgan fingerprint density at radius 2 is 1.76 bits per heavy atom. The number of piperidine rings is 1. The van der Waals surface area contributed by atoms with E-state index in [1.807, 2.05) is 30.3 Å². The Bertz CT molecular complexity index is 1240. The van der Waals surface area contributed by atoms with Gasteiger partial charge in [-0.3, -0.25) is 9.69 Å². The lowest BCUT2D eigenvalue weighted by Crippen LogP contribution is -2.46. The van der Waals surface area contributed by atoms with Gasteiger partial charge in [-0.05, 0) is 60.3 Å². The second kappa shape index (κ2) is 11.4. The molecule has 1 fully saturated rings. The maximum Gasteiger partial charge on any atom is 0.417 e. The van der Waals surface area contributed by atoms with E-state index in [0.717, 1.165) is 24.5 Å². The van der Waals surface area contributed by atoms with E-state index in [-0.39, 0.29) is 0 Å². The van der Waals surface area contributed by atoms with Gasteiger partial charge < -0.3 is 14.6 Å². The Morgan fingerprint density at radius 1 is 1.05 bits per heavy atom. The largest absolute Gasteiger partial charge is 0.493 e. The van der Waals surface area contributed by atoms with Gasteiger partial charge in [0.1, 0.15) is 12.6 Å². The van der Waals surface area contributed by atoms with Gasteiger partial charge in [-0.2, -0.15) is 13.2 Å². The van der Waals surface area contributed by atoms with E-state index in [1.165, 1.54) is 19.2 Å². The number of carboxylic acid groups (broad SMARTS) is 1. The molecule has 37 heavy (non-hydrogen) atoms. The van der Waals surface area contributed by atoms with Crippen molar-refractivity contribution >= 4 is 17.6 Å². The van der Waals surface area contributed by atoms with E-state index >= 15 is 0 Å². The topological polar surface area (TPSA) is 59.0 Å². The van der Waals surface area contributed by atoms with Gasteiger partial charge in [-0.25, -0.2) is 0 Å². The Morgan fingerprint density at radius 3 is 2.43 bits per heavy atom. The van der Waals surface area contributed by atoms with Gasteiger partial charge in [0, 0.05) is 0 Å². The zero-order valence-electron chi connectivity index (χ0n) is 20.2. The molecule has 1 heterocycles. The number of likely N-dealkylation sites (tertiary alicyclic amines) is 1. The molecule has 2 atom stereocenters. The van der Waals surface area contributed by atoms with Crippen molar-refractivity contribution in [3.63, 3.8) is 0 Å². The lowest BCUT2D eigenvalue weighted by Gasteiger charge is -2.40. The molecular weight excluding hydrogens is 507 g/mol. The minimum Gasteiger partial charge on any atom is -0.493 e. The number of benzene rings is 3. The standard InChI is InChI=1S/C28H27ClF3NO4/c1-36-25-16-20(11-13-24(25)37-17-18-7-3-2-4-8-18)26(33-14-6-5-9-23(33)27(34)35)19-10-12-22(29)21(15-19)28(30,31)32/h2-4,7-8,10-13,15-16,23,26H,5-6,9,14,17H2,1H3,(H,34,35). The number of carboxylic acids is 1. The first-order valence-corrected chi connectivity index (χ1v) is 12.3. The zero-order chi connectivity index (χ0) is 26.6. The van der Waals surface area contributed by atoms with Crippen molar-refractivity contribution in [2.75, 3.05) is 13.7 Å². The molecule has 0 radical (unpaired) electrons. The monoisotopic (exact) mass is 533 g/mol. The highest BCUT2D eigenvalue weighted by atomic mass is 35.5. The highest BCUT2D eigenvalue weighted by Gasteiger charge is 2.38. The average Bonchev–Trinajstić information content (AvgIpc) is 2.89. The summed E-state index contributed by atoms with van der Waals surface area (Å²) in [6, 6.07) is 16.8. The average molecular weight is 534 g/mol. The minimum absolute atomic E-state index is 0.296. The van der Waals surface area contributed by atoms with Crippen LogP contribution in [0.15, 0.2) is 66.7 Å². The van der Waals surface area contributed by atoms with Gasteiger partial charge in [0.15, 0.2) is 11.5 Å². The van der Waals surface area contributed by atoms with E-state index in [1.54, 1.807) is 23.1 Å². The summed E-state index contributed by atoms with van der Waals surface area (Å²) in [5.74, 6) is -0.147. The summed E-state index contributed by atoms with van der Waals surface area (Å²) in [5, 5.41) is 9.50. The molecule has 0 saturated carbocycles. The van der Waals surface area contributed by atoms with Gasteiger partial charge in [-0.15, -0.1) is 0 Å². The van der Waals surface area contributed by atoms with Crippen LogP contribution in [0.5, 0.6) is 11.5 Å². The van der Waals surface area contributed by atoms with Crippen LogP contribution in [0, 0.1) is 0 Å². The molecule has 0 aliphatic carbocycles. The molecule has 1 aliphatic rings. The molecule has 1 saturated heterocycles. The Balaban J connectivity index is 1.77. The number of halogens is 4. The van der Waals surface area contributed by atoms with Crippen molar-refractivity contribution in [2.45, 2.75) is 44.1 Å². The molecule has 2 unspecified atom stereocenters. The summed E-state index contributed by atoms with van der Waals surface area (Å²) in [6.07, 6.45) is -2.79. The second-order valence-electron chi connectivity index (χ2n) is 8.91. The Labute approximate surface area is 218 Å². The summed E-state index contributed by atoms with van der Waals surface area (Å²) >= 11 is 5.89. The van der Waals surface area contributed by atoms with Crippen molar-refractivity contribution in [2.24, 2.45) is 0 Å². The molecule has 196 valence electrons. The number of rotatable bonds is 8. The SMILES string of the molecule is COc1cc(C(c2ccc(Cl)c(C(F)(F)F)c2)N2CCCCC2C(=O)O)ccc1OCc1ccccc1. The highest BCUT2D eigenvalue weighted by Crippen LogP contribution is 2.42. The minimum atomic E-state index is -4.65. The predicted octanol–water partition coefficient (Wildman–Crippen LogP) is 6.97. The summed E-state index contributed by atoms with van der Waals surface area (Å²) in [6.45, 7) is 0.722. The van der Waals surface area contributed by atoms with Crippen LogP contribution in [0.25, 0.3) is 0 Å². The van der Waals surface area contributed by atoms with Crippen molar-refractivity contribution in [3.05, 3.63) is 94.0 Å². The molecule has 0 amide bonds. The van der Waals surface area contributed by atoms with Crippen LogP contribution in [-0.2, 0) is 17.6 Å². The lowest BCUT2D eigenvalue weighted by atomic mass is 9.90. The number of hydrogen-bond acceptors (Lipinski definition) is 4. The molecule has 3 aromatic carbocycles. The van der Waals surface area contributed by atoms with Crippen molar-refractivity contribution in [1.29, 1.82) is 0 Å². The van der Waals surface area contributed by atoms with Gasteiger partial charge in [0.05, 0.1) is 23.7 Å². The summed E-state index contributed by atoms with van der Waals surface area (Å²) < 4.78 is 52.6. The van der Waals surface area contributed by atoms with E-state index in [2.05, 4.69) is 0 Å². The Hall–Kier alpha value is -3.23. The number of methoxy groups -OCH3 is 1. The van der Waals surface area contributed by atoms with Crippen LogP contribution in [0.1, 0.15) is 47.6 Å². The Kier molecular flexibility index (Phi) is 8.29. The normalized spacial score (nSPS) is 17.3. The number of alkyl halides is 3. The van der Waals surface area contributed by atoms with Gasteiger partial charge in [-0.1, -0.05) is 60.5 Å². The van der Waals surface area contributed by atoms with Crippen LogP contribution in [0.2, 0.25) is 5.02 Å². The van der Waals surface area contributed by atoms with E-state index < -0.39 is 34.8 Å². The molecule has 1 aliphatic heterocycles. The van der Waals surface area contributed by atoms with Gasteiger partial charge in [0.2, 0.25) is 0 Å². The van der Waals surface area contributed by atoms with Crippen molar-refractivity contribution in [3.8, 4) is 11.5 Å². The molecule has 4 rings (SSSR count). The van der Waals surface area contributed by atoms with Crippen molar-refractivity contribution < 1.29 is 32.5 Å². The number of aliphatic carboxylic acids is 1. The third-order valence-corrected chi connectivity index (χ3v) is 6.84. The van der Waals surface area contributed by atoms with Crippen LogP contribution >= 0.6 is 11.6 Å². The first kappa shape index (κ1) is 26.8. The molecule has 0 bridgehead atoms. The number of nitrogens with zero attached hydrogens (tertiary/aromatic N) is 1. The van der Waals surface area contributed by atoms with Crippen LogP contribution in [0.4, 0.5) is 13.2 Å². The van der Waals surface area contributed by atoms with Crippen molar-refractivity contribution in [1.82, 2.24) is 4.90 Å². The molecule has 0 aromatic heterocycles. The quantitative estimate of drug-likeness (QED) is 0.339. The molecule has 9 heteroatoms. The van der Waals surface area contributed by atoms with E-state index in [4.69, 9.17) is 21.1 Å². The molecule has 3 aromatic rings. The number of carbonyl (C=O) groups is 1. The first-order chi connectivity index (χ1) is 17.7. The van der Waals surface area contributed by atoms with E-state index in [0.29, 0.717) is 42.2 Å². The fourth-order valence-corrected chi connectivity index (χ4v) is 4.97. The van der Waals surface area contributed by atoms with Gasteiger partial charge >= 0.3 is 12.1 Å². The zero-order valence-corrected chi connectivity index (χ0v) is 20.9.